The minimum Gasteiger partial charge on any atom is -0.241 e. The number of halogens is 1. The molecular formula is C11H10FN3. The lowest BCUT2D eigenvalue weighted by Gasteiger charge is -2.02. The molecule has 0 aromatic carbocycles. The fourth-order valence-corrected chi connectivity index (χ4v) is 1.32. The highest BCUT2D eigenvalue weighted by Gasteiger charge is 2.06. The highest BCUT2D eigenvalue weighted by Crippen LogP contribution is 2.18. The normalized spacial score (nSPS) is 10.3. The quantitative estimate of drug-likeness (QED) is 0.702. The smallest absolute Gasteiger partial charge is 0.222 e. The van der Waals surface area contributed by atoms with Gasteiger partial charge in [-0.05, 0) is 24.6 Å². The van der Waals surface area contributed by atoms with Gasteiger partial charge in [-0.25, -0.2) is 15.0 Å². The van der Waals surface area contributed by atoms with Gasteiger partial charge in [0.1, 0.15) is 6.33 Å². The summed E-state index contributed by atoms with van der Waals surface area (Å²) in [6.07, 6.45) is 3.67. The first-order valence-electron chi connectivity index (χ1n) is 4.73. The van der Waals surface area contributed by atoms with Gasteiger partial charge in [0.15, 0.2) is 0 Å². The van der Waals surface area contributed by atoms with Crippen LogP contribution in [0.1, 0.15) is 12.6 Å². The predicted molar refractivity (Wildman–Crippen MR) is 54.6 cm³/mol. The van der Waals surface area contributed by atoms with Crippen molar-refractivity contribution in [3.05, 3.63) is 42.4 Å². The van der Waals surface area contributed by atoms with Crippen molar-refractivity contribution in [2.45, 2.75) is 13.3 Å². The van der Waals surface area contributed by atoms with E-state index in [0.717, 1.165) is 12.1 Å². The summed E-state index contributed by atoms with van der Waals surface area (Å²) in [7, 11) is 0. The molecule has 76 valence electrons. The van der Waals surface area contributed by atoms with Crippen LogP contribution in [0, 0.1) is 5.95 Å². The zero-order chi connectivity index (χ0) is 10.7. The molecule has 2 aromatic heterocycles. The van der Waals surface area contributed by atoms with Crippen molar-refractivity contribution in [3.8, 4) is 11.3 Å². The van der Waals surface area contributed by atoms with Crippen LogP contribution in [0.25, 0.3) is 11.3 Å². The fraction of sp³-hybridized carbons (Fsp3) is 0.182. The van der Waals surface area contributed by atoms with Crippen molar-refractivity contribution in [1.29, 1.82) is 0 Å². The monoisotopic (exact) mass is 203 g/mol. The van der Waals surface area contributed by atoms with Crippen molar-refractivity contribution in [2.24, 2.45) is 0 Å². The minimum absolute atomic E-state index is 0.412. The SMILES string of the molecule is CCc1cc(-c2cccnc2F)ncn1. The Balaban J connectivity index is 2.49. The van der Waals surface area contributed by atoms with Crippen molar-refractivity contribution in [1.82, 2.24) is 15.0 Å². The molecule has 0 atom stereocenters. The molecular weight excluding hydrogens is 193 g/mol. The van der Waals surface area contributed by atoms with E-state index in [1.165, 1.54) is 12.5 Å². The van der Waals surface area contributed by atoms with Gasteiger partial charge >= 0.3 is 0 Å². The molecule has 0 fully saturated rings. The summed E-state index contributed by atoms with van der Waals surface area (Å²) in [5, 5.41) is 0. The highest BCUT2D eigenvalue weighted by molar-refractivity contribution is 5.58. The molecule has 0 aliphatic heterocycles. The van der Waals surface area contributed by atoms with Crippen LogP contribution in [-0.4, -0.2) is 15.0 Å². The van der Waals surface area contributed by atoms with E-state index < -0.39 is 5.95 Å². The number of pyridine rings is 1. The summed E-state index contributed by atoms with van der Waals surface area (Å²) >= 11 is 0. The summed E-state index contributed by atoms with van der Waals surface area (Å²) in [6, 6.07) is 5.12. The van der Waals surface area contributed by atoms with Gasteiger partial charge in [-0.2, -0.15) is 4.39 Å². The highest BCUT2D eigenvalue weighted by atomic mass is 19.1. The molecule has 2 rings (SSSR count). The second kappa shape index (κ2) is 4.13. The van der Waals surface area contributed by atoms with E-state index in [-0.39, 0.29) is 0 Å². The summed E-state index contributed by atoms with van der Waals surface area (Å²) in [4.78, 5) is 11.7. The van der Waals surface area contributed by atoms with E-state index in [2.05, 4.69) is 15.0 Å². The van der Waals surface area contributed by atoms with Crippen molar-refractivity contribution < 1.29 is 4.39 Å². The maximum absolute atomic E-state index is 13.3. The van der Waals surface area contributed by atoms with Gasteiger partial charge in [-0.1, -0.05) is 6.92 Å². The summed E-state index contributed by atoms with van der Waals surface area (Å²) in [5.74, 6) is -0.502. The first-order chi connectivity index (χ1) is 7.31. The van der Waals surface area contributed by atoms with Crippen LogP contribution < -0.4 is 0 Å². The zero-order valence-electron chi connectivity index (χ0n) is 8.31. The Kier molecular flexibility index (Phi) is 2.67. The van der Waals surface area contributed by atoms with Gasteiger partial charge in [-0.15, -0.1) is 0 Å². The molecule has 15 heavy (non-hydrogen) atoms. The molecule has 0 saturated heterocycles. The van der Waals surface area contributed by atoms with Crippen molar-refractivity contribution in [3.63, 3.8) is 0 Å². The molecule has 0 bridgehead atoms. The third kappa shape index (κ3) is 1.98. The van der Waals surface area contributed by atoms with Crippen molar-refractivity contribution >= 4 is 0 Å². The number of aromatic nitrogens is 3. The Morgan fingerprint density at radius 3 is 2.87 bits per heavy atom. The third-order valence-corrected chi connectivity index (χ3v) is 2.12. The molecule has 0 aliphatic carbocycles. The van der Waals surface area contributed by atoms with Gasteiger partial charge in [0.25, 0.3) is 0 Å². The predicted octanol–water partition coefficient (Wildman–Crippen LogP) is 2.24. The number of aryl methyl sites for hydroxylation is 1. The Morgan fingerprint density at radius 1 is 1.27 bits per heavy atom. The molecule has 0 radical (unpaired) electrons. The van der Waals surface area contributed by atoms with Crippen LogP contribution in [0.3, 0.4) is 0 Å². The number of hydrogen-bond acceptors (Lipinski definition) is 3. The van der Waals surface area contributed by atoms with Crippen LogP contribution in [0.4, 0.5) is 4.39 Å². The molecule has 0 aliphatic rings. The second-order valence-corrected chi connectivity index (χ2v) is 3.09. The van der Waals surface area contributed by atoms with Gasteiger partial charge in [-0.3, -0.25) is 0 Å². The van der Waals surface area contributed by atoms with E-state index in [0.29, 0.717) is 11.3 Å². The van der Waals surface area contributed by atoms with E-state index >= 15 is 0 Å². The zero-order valence-corrected chi connectivity index (χ0v) is 8.31. The Labute approximate surface area is 87.0 Å². The lowest BCUT2D eigenvalue weighted by atomic mass is 10.1. The molecule has 2 aromatic rings. The van der Waals surface area contributed by atoms with Crippen LogP contribution in [-0.2, 0) is 6.42 Å². The van der Waals surface area contributed by atoms with E-state index in [1.54, 1.807) is 18.2 Å². The van der Waals surface area contributed by atoms with Gasteiger partial charge in [0.05, 0.1) is 11.3 Å². The van der Waals surface area contributed by atoms with Gasteiger partial charge in [0, 0.05) is 11.9 Å². The molecule has 0 unspecified atom stereocenters. The molecule has 0 amide bonds. The number of nitrogens with zero attached hydrogens (tertiary/aromatic N) is 3. The third-order valence-electron chi connectivity index (χ3n) is 2.12. The topological polar surface area (TPSA) is 38.7 Å². The van der Waals surface area contributed by atoms with Gasteiger partial charge < -0.3 is 0 Å². The summed E-state index contributed by atoms with van der Waals surface area (Å²) in [5.41, 5.74) is 1.88. The number of hydrogen-bond donors (Lipinski definition) is 0. The van der Waals surface area contributed by atoms with E-state index in [1.807, 2.05) is 6.92 Å². The molecule has 0 N–H and O–H groups in total. The molecule has 0 spiro atoms. The van der Waals surface area contributed by atoms with Gasteiger partial charge in [0.2, 0.25) is 5.95 Å². The maximum atomic E-state index is 13.3. The fourth-order valence-electron chi connectivity index (χ4n) is 1.32. The van der Waals surface area contributed by atoms with E-state index in [4.69, 9.17) is 0 Å². The average molecular weight is 203 g/mol. The lowest BCUT2D eigenvalue weighted by molar-refractivity contribution is 0.587. The lowest BCUT2D eigenvalue weighted by Crippen LogP contribution is -1.94. The summed E-state index contributed by atoms with van der Waals surface area (Å²) in [6.45, 7) is 1.99. The maximum Gasteiger partial charge on any atom is 0.222 e. The first-order valence-corrected chi connectivity index (χ1v) is 4.73. The van der Waals surface area contributed by atoms with Crippen LogP contribution >= 0.6 is 0 Å². The Bertz CT molecular complexity index is 471. The Hall–Kier alpha value is -1.84. The first kappa shape index (κ1) is 9.71. The van der Waals surface area contributed by atoms with Crippen molar-refractivity contribution in [2.75, 3.05) is 0 Å². The minimum atomic E-state index is -0.502. The summed E-state index contributed by atoms with van der Waals surface area (Å²) < 4.78 is 13.3. The standard InChI is InChI=1S/C11H10FN3/c1-2-8-6-10(15-7-14-8)9-4-3-5-13-11(9)12/h3-7H,2H2,1H3. The Morgan fingerprint density at radius 2 is 2.13 bits per heavy atom. The molecule has 0 saturated carbocycles. The number of rotatable bonds is 2. The molecule has 4 heteroatoms. The van der Waals surface area contributed by atoms with Crippen LogP contribution in [0.2, 0.25) is 0 Å². The second-order valence-electron chi connectivity index (χ2n) is 3.09. The average Bonchev–Trinajstić information content (AvgIpc) is 2.30. The largest absolute Gasteiger partial charge is 0.241 e. The van der Waals surface area contributed by atoms with Crippen LogP contribution in [0.15, 0.2) is 30.7 Å². The van der Waals surface area contributed by atoms with E-state index in [9.17, 15) is 4.39 Å². The molecule has 3 nitrogen and oxygen atoms in total. The molecule has 2 heterocycles. The van der Waals surface area contributed by atoms with Crippen LogP contribution in [0.5, 0.6) is 0 Å².